The van der Waals surface area contributed by atoms with E-state index in [9.17, 15) is 0 Å². The zero-order chi connectivity index (χ0) is 21.6. The third-order valence-electron chi connectivity index (χ3n) is 6.39. The van der Waals surface area contributed by atoms with Crippen molar-refractivity contribution in [1.82, 2.24) is 9.55 Å². The van der Waals surface area contributed by atoms with Crippen LogP contribution in [0.15, 0.2) is 72.6 Å². The van der Waals surface area contributed by atoms with Gasteiger partial charge in [0.05, 0.1) is 13.8 Å². The summed E-state index contributed by atoms with van der Waals surface area (Å²) in [6.45, 7) is 7.26. The molecule has 0 saturated heterocycles. The first-order valence-corrected chi connectivity index (χ1v) is 14.7. The van der Waals surface area contributed by atoms with E-state index >= 15 is 0 Å². The van der Waals surface area contributed by atoms with E-state index in [4.69, 9.17) is 0 Å². The summed E-state index contributed by atoms with van der Waals surface area (Å²) in [7, 11) is 0.571. The van der Waals surface area contributed by atoms with E-state index in [2.05, 4.69) is 109 Å². The van der Waals surface area contributed by atoms with Crippen molar-refractivity contribution in [3.05, 3.63) is 89.5 Å². The maximum atomic E-state index is 3.95. The van der Waals surface area contributed by atoms with Gasteiger partial charge in [-0.1, -0.05) is 56.0 Å². The Morgan fingerprint density at radius 2 is 1.74 bits per heavy atom. The predicted octanol–water partition coefficient (Wildman–Crippen LogP) is 7.45. The molecule has 0 radical (unpaired) electrons. The molecule has 156 valence electrons. The summed E-state index contributed by atoms with van der Waals surface area (Å²) in [6, 6.07) is 21.9. The Balaban J connectivity index is 1.71. The average Bonchev–Trinajstić information content (AvgIpc) is 3.35. The van der Waals surface area contributed by atoms with Crippen molar-refractivity contribution < 1.29 is 0 Å². The summed E-state index contributed by atoms with van der Waals surface area (Å²) < 4.78 is 2.24. The molecule has 4 aromatic rings. The van der Waals surface area contributed by atoms with Crippen LogP contribution in [0.1, 0.15) is 29.8 Å². The van der Waals surface area contributed by atoms with Gasteiger partial charge in [0.15, 0.2) is 0 Å². The molecule has 0 atom stereocenters. The lowest BCUT2D eigenvalue weighted by atomic mass is 9.91. The van der Waals surface area contributed by atoms with Crippen LogP contribution in [0.3, 0.4) is 0 Å². The van der Waals surface area contributed by atoms with Crippen molar-refractivity contribution in [2.75, 3.05) is 0 Å². The lowest BCUT2D eigenvalue weighted by Crippen LogP contribution is -2.23. The minimum absolute atomic E-state index is 1.09. The van der Waals surface area contributed by atoms with Crippen LogP contribution in [0.25, 0.3) is 32.8 Å². The highest BCUT2D eigenvalue weighted by molar-refractivity contribution is 6.93. The number of aromatic amines is 1. The molecule has 5 rings (SSSR count). The highest BCUT2D eigenvalue weighted by atomic mass is 28.3. The number of benzene rings is 2. The molecule has 2 heterocycles. The maximum absolute atomic E-state index is 3.95. The molecule has 0 aliphatic heterocycles. The van der Waals surface area contributed by atoms with Crippen LogP contribution < -0.4 is 0 Å². The second-order valence-electron chi connectivity index (χ2n) is 9.69. The lowest BCUT2D eigenvalue weighted by Gasteiger charge is -2.21. The second kappa shape index (κ2) is 7.60. The van der Waals surface area contributed by atoms with Gasteiger partial charge < -0.3 is 9.55 Å². The van der Waals surface area contributed by atoms with Gasteiger partial charge in [-0.3, -0.25) is 0 Å². The Bertz CT molecular complexity index is 1320. The number of aromatic nitrogens is 2. The number of nitrogens with one attached hydrogen (secondary N) is 1. The summed E-state index contributed by atoms with van der Waals surface area (Å²) in [5, 5.41) is 2.77. The molecular formula is C28H30N2Si. The van der Waals surface area contributed by atoms with Gasteiger partial charge in [-0.05, 0) is 60.2 Å². The Labute approximate surface area is 186 Å². The molecule has 2 aromatic heterocycles. The Kier molecular flexibility index (Phi) is 4.89. The van der Waals surface area contributed by atoms with Crippen LogP contribution in [-0.2, 0) is 13.5 Å². The Morgan fingerprint density at radius 1 is 0.935 bits per heavy atom. The molecule has 0 bridgehead atoms. The van der Waals surface area contributed by atoms with Gasteiger partial charge in [-0.2, -0.15) is 0 Å². The van der Waals surface area contributed by atoms with Gasteiger partial charge in [0.1, 0.15) is 0 Å². The number of fused-ring (bicyclic) bond motifs is 3. The fourth-order valence-corrected chi connectivity index (χ4v) is 6.33. The van der Waals surface area contributed by atoms with Gasteiger partial charge in [-0.15, -0.1) is 5.73 Å². The van der Waals surface area contributed by atoms with Crippen molar-refractivity contribution >= 4 is 29.7 Å². The number of aryl methyl sites for hydroxylation is 2. The minimum atomic E-state index is -1.57. The lowest BCUT2D eigenvalue weighted by molar-refractivity contribution is 0.824. The van der Waals surface area contributed by atoms with Crippen LogP contribution in [0.2, 0.25) is 19.6 Å². The van der Waals surface area contributed by atoms with Crippen molar-refractivity contribution in [1.29, 1.82) is 0 Å². The molecule has 1 N–H and O–H groups in total. The normalized spacial score (nSPS) is 13.9. The molecule has 0 spiro atoms. The van der Waals surface area contributed by atoms with Crippen molar-refractivity contribution in [2.45, 2.75) is 38.9 Å². The van der Waals surface area contributed by atoms with E-state index in [0.29, 0.717) is 0 Å². The molecule has 0 fully saturated rings. The summed E-state index contributed by atoms with van der Waals surface area (Å²) in [5.74, 6) is 0. The predicted molar refractivity (Wildman–Crippen MR) is 136 cm³/mol. The van der Waals surface area contributed by atoms with Gasteiger partial charge in [0.2, 0.25) is 0 Å². The largest absolute Gasteiger partial charge is 0.354 e. The molecule has 0 unspecified atom stereocenters. The van der Waals surface area contributed by atoms with Crippen molar-refractivity contribution in [3.63, 3.8) is 0 Å². The van der Waals surface area contributed by atoms with Crippen molar-refractivity contribution in [3.8, 4) is 11.1 Å². The number of allylic oxidation sites excluding steroid dienone is 1. The van der Waals surface area contributed by atoms with E-state index in [1.165, 1.54) is 56.2 Å². The molecule has 1 aliphatic rings. The number of rotatable bonds is 3. The second-order valence-corrected chi connectivity index (χ2v) is 14.7. The molecule has 1 aliphatic carbocycles. The zero-order valence-electron chi connectivity index (χ0n) is 18.9. The maximum Gasteiger partial charge on any atom is 0.0903 e. The average molecular weight is 423 g/mol. The number of hydrogen-bond acceptors (Lipinski definition) is 0. The molecule has 2 aromatic carbocycles. The van der Waals surface area contributed by atoms with Crippen LogP contribution in [0.5, 0.6) is 0 Å². The minimum Gasteiger partial charge on any atom is -0.354 e. The highest BCUT2D eigenvalue weighted by Gasteiger charge is 2.25. The van der Waals surface area contributed by atoms with E-state index < -0.39 is 8.07 Å². The van der Waals surface area contributed by atoms with Gasteiger partial charge in [-0.25, -0.2) is 0 Å². The van der Waals surface area contributed by atoms with Crippen LogP contribution in [0, 0.1) is 0 Å². The van der Waals surface area contributed by atoms with E-state index in [-0.39, 0.29) is 0 Å². The Morgan fingerprint density at radius 3 is 2.45 bits per heavy atom. The first-order chi connectivity index (χ1) is 14.9. The fourth-order valence-electron chi connectivity index (χ4n) is 4.77. The summed E-state index contributed by atoms with van der Waals surface area (Å²) in [4.78, 5) is 3.76. The quantitative estimate of drug-likeness (QED) is 0.261. The van der Waals surface area contributed by atoms with E-state index in [0.717, 1.165) is 12.8 Å². The number of hydrogen-bond donors (Lipinski definition) is 1. The zero-order valence-corrected chi connectivity index (χ0v) is 19.9. The van der Waals surface area contributed by atoms with Crippen molar-refractivity contribution in [2.24, 2.45) is 7.05 Å². The molecular weight excluding hydrogens is 392 g/mol. The third-order valence-corrected chi connectivity index (χ3v) is 8.28. The first-order valence-electron chi connectivity index (χ1n) is 11.2. The van der Waals surface area contributed by atoms with Crippen LogP contribution in [0.4, 0.5) is 0 Å². The fraction of sp³-hybridized carbons (Fsp3) is 0.250. The summed E-state index contributed by atoms with van der Waals surface area (Å²) >= 11 is 0. The van der Waals surface area contributed by atoms with E-state index in [1.54, 1.807) is 0 Å². The molecule has 31 heavy (non-hydrogen) atoms. The summed E-state index contributed by atoms with van der Waals surface area (Å²) in [5.41, 5.74) is 13.2. The summed E-state index contributed by atoms with van der Waals surface area (Å²) in [6.07, 6.45) is 5.54. The first kappa shape index (κ1) is 19.9. The van der Waals surface area contributed by atoms with Gasteiger partial charge in [0.25, 0.3) is 0 Å². The van der Waals surface area contributed by atoms with Gasteiger partial charge in [0, 0.05) is 40.6 Å². The number of H-pyrrole nitrogens is 1. The standard InChI is InChI=1S/C28H30N2Si/c1-30-17-9-14-26(30)27(31(2,3)4)19-22-12-8-13-23-24-18-21(20-10-6-5-7-11-20)15-16-25(24)29-28(22)23/h5-7,9-11,14-18,29H,8,12-13H2,1-4H3. The number of nitrogens with zero attached hydrogens (tertiary/aromatic N) is 1. The van der Waals surface area contributed by atoms with Crippen LogP contribution >= 0.6 is 0 Å². The Hall–Kier alpha value is -3.00. The monoisotopic (exact) mass is 422 g/mol. The van der Waals surface area contributed by atoms with E-state index in [1.807, 2.05) is 0 Å². The molecule has 0 saturated carbocycles. The van der Waals surface area contributed by atoms with Crippen LogP contribution in [-0.4, -0.2) is 17.6 Å². The highest BCUT2D eigenvalue weighted by Crippen LogP contribution is 2.38. The molecule has 2 nitrogen and oxygen atoms in total. The molecule has 0 amide bonds. The topological polar surface area (TPSA) is 20.7 Å². The smallest absolute Gasteiger partial charge is 0.0903 e. The molecule has 3 heteroatoms. The third kappa shape index (κ3) is 3.65. The van der Waals surface area contributed by atoms with Gasteiger partial charge >= 0.3 is 0 Å². The SMILES string of the molecule is Cn1cccc1C(=C=C1CCCc2c1[nH]c1ccc(-c3ccccc3)cc21)[Si](C)(C)C.